The second-order valence-electron chi connectivity index (χ2n) is 5.91. The normalized spacial score (nSPS) is 12.3. The van der Waals surface area contributed by atoms with E-state index in [0.717, 1.165) is 28.6 Å². The average molecular weight is 349 g/mol. The highest BCUT2D eigenvalue weighted by Gasteiger charge is 2.20. The number of hydrogen-bond acceptors (Lipinski definition) is 5. The Hall–Kier alpha value is -3.42. The highest BCUT2D eigenvalue weighted by atomic mass is 16.5. The van der Waals surface area contributed by atoms with Crippen molar-refractivity contribution in [2.24, 2.45) is 7.05 Å². The summed E-state index contributed by atoms with van der Waals surface area (Å²) in [5.74, 6) is 2.43. The van der Waals surface area contributed by atoms with Crippen LogP contribution in [0.2, 0.25) is 0 Å². The van der Waals surface area contributed by atoms with Gasteiger partial charge in [0.05, 0.1) is 18.8 Å². The zero-order valence-corrected chi connectivity index (χ0v) is 14.8. The lowest BCUT2D eigenvalue weighted by Gasteiger charge is -2.18. The Bertz CT molecular complexity index is 1020. The molecule has 132 valence electrons. The summed E-state index contributed by atoms with van der Waals surface area (Å²) in [6.45, 7) is 2.07. The summed E-state index contributed by atoms with van der Waals surface area (Å²) in [6.07, 6.45) is 8.95. The van der Waals surface area contributed by atoms with Gasteiger partial charge in [-0.1, -0.05) is 0 Å². The van der Waals surface area contributed by atoms with Crippen molar-refractivity contribution in [3.05, 3.63) is 61.2 Å². The molecule has 3 heterocycles. The SMILES string of the molecule is COc1ccc(-n2cccn2)c(-c2nccn2C(C)c2ncnn2C)c1. The van der Waals surface area contributed by atoms with Gasteiger partial charge in [0.25, 0.3) is 0 Å². The molecule has 0 aliphatic rings. The maximum Gasteiger partial charge on any atom is 0.149 e. The standard InChI is InChI=1S/C18H19N7O/c1-13(17-20-12-22-23(17)2)24-10-8-19-18(24)15-11-14(26-3)5-6-16(15)25-9-4-7-21-25/h4-13H,1-3H3. The third kappa shape index (κ3) is 2.65. The van der Waals surface area contributed by atoms with Crippen molar-refractivity contribution in [1.82, 2.24) is 34.1 Å². The molecule has 0 aliphatic heterocycles. The Balaban J connectivity index is 1.87. The number of nitrogens with zero attached hydrogens (tertiary/aromatic N) is 7. The van der Waals surface area contributed by atoms with E-state index in [9.17, 15) is 0 Å². The molecule has 4 aromatic rings. The third-order valence-electron chi connectivity index (χ3n) is 4.40. The molecule has 0 aliphatic carbocycles. The molecule has 0 radical (unpaired) electrons. The second kappa shape index (κ2) is 6.47. The van der Waals surface area contributed by atoms with Gasteiger partial charge in [-0.05, 0) is 31.2 Å². The highest BCUT2D eigenvalue weighted by molar-refractivity contribution is 5.70. The number of aromatic nitrogens is 7. The molecule has 8 heteroatoms. The summed E-state index contributed by atoms with van der Waals surface area (Å²) in [5.41, 5.74) is 1.85. The van der Waals surface area contributed by atoms with Crippen molar-refractivity contribution in [2.75, 3.05) is 7.11 Å². The van der Waals surface area contributed by atoms with Gasteiger partial charge in [-0.15, -0.1) is 0 Å². The van der Waals surface area contributed by atoms with Gasteiger partial charge in [0.2, 0.25) is 0 Å². The third-order valence-corrected chi connectivity index (χ3v) is 4.40. The number of hydrogen-bond donors (Lipinski definition) is 0. The molecule has 0 bridgehead atoms. The molecule has 0 amide bonds. The fraction of sp³-hybridized carbons (Fsp3) is 0.222. The molecule has 8 nitrogen and oxygen atoms in total. The first kappa shape index (κ1) is 16.1. The number of imidazole rings is 1. The molecule has 1 aromatic carbocycles. The summed E-state index contributed by atoms with van der Waals surface area (Å²) in [7, 11) is 3.54. The fourth-order valence-electron chi connectivity index (χ4n) is 3.07. The van der Waals surface area contributed by atoms with Gasteiger partial charge in [-0.25, -0.2) is 14.6 Å². The van der Waals surface area contributed by atoms with E-state index in [0.29, 0.717) is 0 Å². The van der Waals surface area contributed by atoms with Crippen molar-refractivity contribution in [1.29, 1.82) is 0 Å². The largest absolute Gasteiger partial charge is 0.497 e. The van der Waals surface area contributed by atoms with E-state index in [1.165, 1.54) is 0 Å². The van der Waals surface area contributed by atoms with Crippen LogP contribution in [0, 0.1) is 0 Å². The van der Waals surface area contributed by atoms with Gasteiger partial charge in [0.15, 0.2) is 0 Å². The van der Waals surface area contributed by atoms with Crippen LogP contribution in [0.25, 0.3) is 17.1 Å². The Kier molecular flexibility index (Phi) is 4.00. The molecule has 0 saturated carbocycles. The molecular formula is C18H19N7O. The highest BCUT2D eigenvalue weighted by Crippen LogP contribution is 2.31. The van der Waals surface area contributed by atoms with Crippen molar-refractivity contribution >= 4 is 0 Å². The van der Waals surface area contributed by atoms with Gasteiger partial charge >= 0.3 is 0 Å². The maximum atomic E-state index is 5.42. The summed E-state index contributed by atoms with van der Waals surface area (Å²) >= 11 is 0. The first-order valence-electron chi connectivity index (χ1n) is 8.24. The zero-order valence-electron chi connectivity index (χ0n) is 14.8. The number of benzene rings is 1. The van der Waals surface area contributed by atoms with Crippen LogP contribution < -0.4 is 4.74 Å². The maximum absolute atomic E-state index is 5.42. The van der Waals surface area contributed by atoms with Crippen LogP contribution in [0.4, 0.5) is 0 Å². The lowest BCUT2D eigenvalue weighted by Crippen LogP contribution is -2.14. The van der Waals surface area contributed by atoms with Crippen LogP contribution in [0.5, 0.6) is 5.75 Å². The quantitative estimate of drug-likeness (QED) is 0.553. The van der Waals surface area contributed by atoms with Crippen molar-refractivity contribution in [3.63, 3.8) is 0 Å². The molecular weight excluding hydrogens is 330 g/mol. The molecule has 26 heavy (non-hydrogen) atoms. The van der Waals surface area contributed by atoms with E-state index in [2.05, 4.69) is 31.7 Å². The minimum Gasteiger partial charge on any atom is -0.497 e. The molecule has 1 atom stereocenters. The van der Waals surface area contributed by atoms with E-state index < -0.39 is 0 Å². The predicted molar refractivity (Wildman–Crippen MR) is 96.2 cm³/mol. The number of methoxy groups -OCH3 is 1. The van der Waals surface area contributed by atoms with Crippen molar-refractivity contribution < 1.29 is 4.74 Å². The van der Waals surface area contributed by atoms with Crippen LogP contribution in [0.15, 0.2) is 55.4 Å². The fourth-order valence-corrected chi connectivity index (χ4v) is 3.07. The molecule has 4 rings (SSSR count). The summed E-state index contributed by atoms with van der Waals surface area (Å²) < 4.78 is 11.1. The first-order valence-corrected chi connectivity index (χ1v) is 8.24. The monoisotopic (exact) mass is 349 g/mol. The Morgan fingerprint density at radius 3 is 2.65 bits per heavy atom. The van der Waals surface area contributed by atoms with Crippen LogP contribution in [0.1, 0.15) is 18.8 Å². The van der Waals surface area contributed by atoms with E-state index in [1.807, 2.05) is 48.4 Å². The summed E-state index contributed by atoms with van der Waals surface area (Å²) in [6, 6.07) is 7.73. The lowest BCUT2D eigenvalue weighted by atomic mass is 10.1. The molecule has 0 spiro atoms. The topological polar surface area (TPSA) is 75.6 Å². The predicted octanol–water partition coefficient (Wildman–Crippen LogP) is 2.48. The van der Waals surface area contributed by atoms with Crippen LogP contribution in [-0.2, 0) is 7.05 Å². The Morgan fingerprint density at radius 2 is 1.96 bits per heavy atom. The van der Waals surface area contributed by atoms with Crippen LogP contribution in [-0.4, -0.2) is 41.2 Å². The molecule has 3 aromatic heterocycles. The summed E-state index contributed by atoms with van der Waals surface area (Å²) in [4.78, 5) is 8.98. The minimum atomic E-state index is -0.0309. The van der Waals surface area contributed by atoms with E-state index >= 15 is 0 Å². The minimum absolute atomic E-state index is 0.0309. The Labute approximate surface area is 150 Å². The van der Waals surface area contributed by atoms with Gasteiger partial charge < -0.3 is 9.30 Å². The van der Waals surface area contributed by atoms with Crippen LogP contribution >= 0.6 is 0 Å². The average Bonchev–Trinajstić information content (AvgIpc) is 3.41. The zero-order chi connectivity index (χ0) is 18.1. The lowest BCUT2D eigenvalue weighted by molar-refractivity contribution is 0.415. The molecule has 1 unspecified atom stereocenters. The van der Waals surface area contributed by atoms with Crippen LogP contribution in [0.3, 0.4) is 0 Å². The van der Waals surface area contributed by atoms with E-state index in [4.69, 9.17) is 4.74 Å². The molecule has 0 N–H and O–H groups in total. The number of aryl methyl sites for hydroxylation is 1. The molecule has 0 saturated heterocycles. The van der Waals surface area contributed by atoms with Gasteiger partial charge in [0, 0.05) is 37.4 Å². The Morgan fingerprint density at radius 1 is 1.08 bits per heavy atom. The number of ether oxygens (including phenoxy) is 1. The smallest absolute Gasteiger partial charge is 0.149 e. The van der Waals surface area contributed by atoms with Gasteiger partial charge in [-0.2, -0.15) is 10.2 Å². The van der Waals surface area contributed by atoms with E-state index in [1.54, 1.807) is 30.5 Å². The number of rotatable bonds is 5. The van der Waals surface area contributed by atoms with Gasteiger partial charge in [-0.3, -0.25) is 4.68 Å². The first-order chi connectivity index (χ1) is 12.7. The van der Waals surface area contributed by atoms with E-state index in [-0.39, 0.29) is 6.04 Å². The van der Waals surface area contributed by atoms with Crippen molar-refractivity contribution in [3.8, 4) is 22.8 Å². The van der Waals surface area contributed by atoms with Gasteiger partial charge in [0.1, 0.15) is 23.7 Å². The molecule has 0 fully saturated rings. The second-order valence-corrected chi connectivity index (χ2v) is 5.91. The van der Waals surface area contributed by atoms with Crippen molar-refractivity contribution in [2.45, 2.75) is 13.0 Å². The summed E-state index contributed by atoms with van der Waals surface area (Å²) in [5, 5.41) is 8.54.